The molecule has 0 unspecified atom stereocenters. The fraction of sp³-hybridized carbons (Fsp3) is 0.125. The number of pyridine rings is 1. The Kier molecular flexibility index (Phi) is 3.92. The molecule has 5 aromatic rings. The van der Waals surface area contributed by atoms with E-state index >= 15 is 8.78 Å². The van der Waals surface area contributed by atoms with Crippen LogP contribution in [0.2, 0.25) is 0 Å². The van der Waals surface area contributed by atoms with Crippen molar-refractivity contribution in [3.05, 3.63) is 89.5 Å². The van der Waals surface area contributed by atoms with Crippen LogP contribution in [0.25, 0.3) is 27.7 Å². The Morgan fingerprint density at radius 2 is 1.84 bits per heavy atom. The Bertz CT molecular complexity index is 1530. The van der Waals surface area contributed by atoms with Gasteiger partial charge in [-0.25, -0.2) is 13.8 Å². The normalized spacial score (nSPS) is 13.5. The van der Waals surface area contributed by atoms with E-state index in [1.165, 1.54) is 17.0 Å². The topological polar surface area (TPSA) is 55.4 Å². The van der Waals surface area contributed by atoms with Crippen molar-refractivity contribution in [3.8, 4) is 11.1 Å². The molecule has 3 aromatic heterocycles. The minimum Gasteiger partial charge on any atom is -0.328 e. The summed E-state index contributed by atoms with van der Waals surface area (Å²) >= 11 is 0. The van der Waals surface area contributed by atoms with Gasteiger partial charge in [-0.15, -0.1) is 0 Å². The van der Waals surface area contributed by atoms with Gasteiger partial charge in [0.15, 0.2) is 0 Å². The van der Waals surface area contributed by atoms with E-state index in [-0.39, 0.29) is 18.0 Å². The van der Waals surface area contributed by atoms with Crippen LogP contribution in [0.4, 0.5) is 8.78 Å². The van der Waals surface area contributed by atoms with Gasteiger partial charge in [0, 0.05) is 48.7 Å². The van der Waals surface area contributed by atoms with Gasteiger partial charge in [0.25, 0.3) is 5.91 Å². The summed E-state index contributed by atoms with van der Waals surface area (Å²) in [6.07, 6.45) is 5.19. The van der Waals surface area contributed by atoms with Crippen molar-refractivity contribution in [2.24, 2.45) is 7.05 Å². The van der Waals surface area contributed by atoms with Crippen LogP contribution in [0.15, 0.2) is 61.1 Å². The average Bonchev–Trinajstić information content (AvgIpc) is 3.46. The lowest BCUT2D eigenvalue weighted by molar-refractivity contribution is 0.0758. The molecule has 0 atom stereocenters. The standard InChI is InChI=1S/C24H17F2N5O/c1-29-11-17-8-14(2-4-21(17)28-29)16-9-19(25)18(20(26)10-16)13-30-12-15-3-5-22-27-6-7-31(22)23(15)24(30)32/h2-11H,12-13H2,1H3. The molecule has 0 N–H and O–H groups in total. The van der Waals surface area contributed by atoms with Crippen LogP contribution in [0.5, 0.6) is 0 Å². The summed E-state index contributed by atoms with van der Waals surface area (Å²) in [5.74, 6) is -1.63. The number of carbonyl (C=O) groups excluding carboxylic acids is 1. The lowest BCUT2D eigenvalue weighted by Gasteiger charge is -2.17. The van der Waals surface area contributed by atoms with E-state index in [2.05, 4.69) is 10.1 Å². The van der Waals surface area contributed by atoms with Crippen LogP contribution in [-0.2, 0) is 20.1 Å². The van der Waals surface area contributed by atoms with Crippen LogP contribution < -0.4 is 0 Å². The number of benzene rings is 2. The molecule has 0 aliphatic carbocycles. The first-order valence-corrected chi connectivity index (χ1v) is 10.1. The van der Waals surface area contributed by atoms with Gasteiger partial charge in [-0.3, -0.25) is 13.9 Å². The molecule has 2 aromatic carbocycles. The van der Waals surface area contributed by atoms with Crippen molar-refractivity contribution in [2.45, 2.75) is 13.1 Å². The molecule has 0 bridgehead atoms. The number of aryl methyl sites for hydroxylation is 1. The molecule has 0 saturated carbocycles. The van der Waals surface area contributed by atoms with Crippen molar-refractivity contribution in [2.75, 3.05) is 0 Å². The maximum atomic E-state index is 15.0. The van der Waals surface area contributed by atoms with E-state index in [9.17, 15) is 4.79 Å². The van der Waals surface area contributed by atoms with Gasteiger partial charge in [0.2, 0.25) is 0 Å². The highest BCUT2D eigenvalue weighted by atomic mass is 19.1. The lowest BCUT2D eigenvalue weighted by atomic mass is 10.0. The number of imidazole rings is 1. The molecule has 1 aliphatic rings. The van der Waals surface area contributed by atoms with Crippen molar-refractivity contribution in [3.63, 3.8) is 0 Å². The first-order valence-electron chi connectivity index (χ1n) is 10.1. The van der Waals surface area contributed by atoms with Gasteiger partial charge in [-0.05, 0) is 41.5 Å². The molecule has 1 aliphatic heterocycles. The van der Waals surface area contributed by atoms with E-state index < -0.39 is 11.6 Å². The van der Waals surface area contributed by atoms with Gasteiger partial charge < -0.3 is 4.90 Å². The van der Waals surface area contributed by atoms with Crippen LogP contribution in [0, 0.1) is 11.6 Å². The van der Waals surface area contributed by atoms with Crippen LogP contribution >= 0.6 is 0 Å². The van der Waals surface area contributed by atoms with Crippen molar-refractivity contribution >= 4 is 22.5 Å². The number of carbonyl (C=O) groups is 1. The largest absolute Gasteiger partial charge is 0.328 e. The highest BCUT2D eigenvalue weighted by molar-refractivity contribution is 5.97. The number of amides is 1. The minimum absolute atomic E-state index is 0.126. The summed E-state index contributed by atoms with van der Waals surface area (Å²) in [6.45, 7) is 0.143. The zero-order valence-corrected chi connectivity index (χ0v) is 17.1. The second-order valence-corrected chi connectivity index (χ2v) is 8.02. The molecule has 6 rings (SSSR count). The van der Waals surface area contributed by atoms with Crippen molar-refractivity contribution in [1.82, 2.24) is 24.1 Å². The summed E-state index contributed by atoms with van der Waals surface area (Å²) in [5, 5.41) is 5.21. The Hall–Kier alpha value is -4.07. The second-order valence-electron chi connectivity index (χ2n) is 8.02. The number of fused-ring (bicyclic) bond motifs is 4. The third-order valence-electron chi connectivity index (χ3n) is 5.94. The molecule has 6 nitrogen and oxygen atoms in total. The summed E-state index contributed by atoms with van der Waals surface area (Å²) in [7, 11) is 1.82. The maximum Gasteiger partial charge on any atom is 0.271 e. The fourth-order valence-corrected chi connectivity index (χ4v) is 4.40. The lowest BCUT2D eigenvalue weighted by Crippen LogP contribution is -2.25. The van der Waals surface area contributed by atoms with Gasteiger partial charge in [-0.2, -0.15) is 5.10 Å². The second kappa shape index (κ2) is 6.71. The summed E-state index contributed by atoms with van der Waals surface area (Å²) < 4.78 is 33.4. The molecular weight excluding hydrogens is 412 g/mol. The molecule has 4 heterocycles. The SMILES string of the molecule is Cn1cc2cc(-c3cc(F)c(CN4Cc5ccc6nccn6c5C4=O)c(F)c3)ccc2n1. The maximum absolute atomic E-state index is 15.0. The number of nitrogens with zero attached hydrogens (tertiary/aromatic N) is 5. The first kappa shape index (κ1) is 18.7. The molecular formula is C24H17F2N5O. The molecule has 158 valence electrons. The monoisotopic (exact) mass is 429 g/mol. The van der Waals surface area contributed by atoms with Gasteiger partial charge in [-0.1, -0.05) is 12.1 Å². The van der Waals surface area contributed by atoms with Gasteiger partial charge in [0.05, 0.1) is 12.1 Å². The Labute approximate surface area is 181 Å². The molecule has 0 spiro atoms. The Balaban J connectivity index is 1.33. The molecule has 0 saturated heterocycles. The molecule has 0 radical (unpaired) electrons. The number of aromatic nitrogens is 4. The Morgan fingerprint density at radius 3 is 2.66 bits per heavy atom. The first-order chi connectivity index (χ1) is 15.5. The van der Waals surface area contributed by atoms with Gasteiger partial charge >= 0.3 is 0 Å². The summed E-state index contributed by atoms with van der Waals surface area (Å²) in [6, 6.07) is 11.8. The third-order valence-corrected chi connectivity index (χ3v) is 5.94. The van der Waals surface area contributed by atoms with E-state index in [1.54, 1.807) is 27.5 Å². The van der Waals surface area contributed by atoms with Crippen molar-refractivity contribution in [1.29, 1.82) is 0 Å². The Morgan fingerprint density at radius 1 is 1.03 bits per heavy atom. The average molecular weight is 429 g/mol. The quantitative estimate of drug-likeness (QED) is 0.429. The van der Waals surface area contributed by atoms with Crippen LogP contribution in [0.1, 0.15) is 21.6 Å². The van der Waals surface area contributed by atoms with E-state index in [1.807, 2.05) is 37.5 Å². The highest BCUT2D eigenvalue weighted by Gasteiger charge is 2.31. The molecule has 8 heteroatoms. The fourth-order valence-electron chi connectivity index (χ4n) is 4.40. The van der Waals surface area contributed by atoms with Crippen LogP contribution in [-0.4, -0.2) is 30.0 Å². The summed E-state index contributed by atoms with van der Waals surface area (Å²) in [5.41, 5.74) is 3.77. The van der Waals surface area contributed by atoms with Crippen LogP contribution in [0.3, 0.4) is 0 Å². The summed E-state index contributed by atoms with van der Waals surface area (Å²) in [4.78, 5) is 18.6. The number of hydrogen-bond donors (Lipinski definition) is 0. The van der Waals surface area contributed by atoms with E-state index in [0.29, 0.717) is 29.0 Å². The van der Waals surface area contributed by atoms with Crippen molar-refractivity contribution < 1.29 is 13.6 Å². The number of halogens is 2. The predicted octanol–water partition coefficient (Wildman–Crippen LogP) is 4.32. The molecule has 0 fully saturated rings. The highest BCUT2D eigenvalue weighted by Crippen LogP contribution is 2.30. The number of hydrogen-bond acceptors (Lipinski definition) is 3. The third kappa shape index (κ3) is 2.80. The van der Waals surface area contributed by atoms with E-state index in [4.69, 9.17) is 0 Å². The zero-order valence-electron chi connectivity index (χ0n) is 17.1. The minimum atomic E-state index is -0.678. The number of rotatable bonds is 3. The molecule has 1 amide bonds. The zero-order chi connectivity index (χ0) is 22.0. The predicted molar refractivity (Wildman–Crippen MR) is 115 cm³/mol. The van der Waals surface area contributed by atoms with E-state index in [0.717, 1.165) is 16.5 Å². The smallest absolute Gasteiger partial charge is 0.271 e. The molecule has 32 heavy (non-hydrogen) atoms. The van der Waals surface area contributed by atoms with Gasteiger partial charge in [0.1, 0.15) is 23.0 Å².